The second-order valence-electron chi connectivity index (χ2n) is 9.49. The maximum absolute atomic E-state index is 13.0. The molecule has 0 bridgehead atoms. The Labute approximate surface area is 229 Å². The number of ketones is 1. The van der Waals surface area contributed by atoms with Gasteiger partial charge in [0.25, 0.3) is 5.91 Å². The molecule has 1 amide bonds. The molecule has 0 radical (unpaired) electrons. The fraction of sp³-hybridized carbons (Fsp3) is 0.250. The number of aliphatic hydroxyl groups is 1. The first-order valence-corrected chi connectivity index (χ1v) is 12.8. The highest BCUT2D eigenvalue weighted by Crippen LogP contribution is 2.30. The van der Waals surface area contributed by atoms with Gasteiger partial charge in [-0.05, 0) is 57.4 Å². The van der Waals surface area contributed by atoms with Gasteiger partial charge in [0, 0.05) is 35.0 Å². The Morgan fingerprint density at radius 2 is 2.05 bits per heavy atom. The van der Waals surface area contributed by atoms with Crippen LogP contribution in [0.2, 0.25) is 0 Å². The number of aryl methyl sites for hydroxylation is 1. The predicted octanol–water partition coefficient (Wildman–Crippen LogP) is 3.34. The van der Waals surface area contributed by atoms with Crippen molar-refractivity contribution in [2.24, 2.45) is 0 Å². The quantitative estimate of drug-likeness (QED) is 0.238. The van der Waals surface area contributed by atoms with E-state index in [1.165, 1.54) is 17.8 Å². The predicted molar refractivity (Wildman–Crippen MR) is 149 cm³/mol. The van der Waals surface area contributed by atoms with Gasteiger partial charge in [0.1, 0.15) is 12.1 Å². The molecule has 40 heavy (non-hydrogen) atoms. The first-order valence-electron chi connectivity index (χ1n) is 12.8. The highest BCUT2D eigenvalue weighted by atomic mass is 16.3. The molecule has 12 nitrogen and oxygen atoms in total. The van der Waals surface area contributed by atoms with Crippen LogP contribution in [0.15, 0.2) is 55.3 Å². The zero-order valence-electron chi connectivity index (χ0n) is 22.4. The summed E-state index contributed by atoms with van der Waals surface area (Å²) in [6.45, 7) is 5.11. The molecular formula is C28H29N9O3. The van der Waals surface area contributed by atoms with Gasteiger partial charge in [0.2, 0.25) is 5.82 Å². The number of hydrogen-bond donors (Lipinski definition) is 3. The molecule has 5 aromatic rings. The van der Waals surface area contributed by atoms with Crippen LogP contribution in [0.5, 0.6) is 0 Å². The number of nitrogens with two attached hydrogens (primary N) is 1. The normalized spacial score (nSPS) is 12.4. The van der Waals surface area contributed by atoms with Crippen LogP contribution in [0.4, 0.5) is 5.82 Å². The molecule has 5 rings (SSSR count). The summed E-state index contributed by atoms with van der Waals surface area (Å²) in [4.78, 5) is 40.6. The van der Waals surface area contributed by atoms with E-state index in [-0.39, 0.29) is 36.0 Å². The van der Waals surface area contributed by atoms with Crippen LogP contribution in [0.3, 0.4) is 0 Å². The smallest absolute Gasteiger partial charge is 0.295 e. The molecule has 0 spiro atoms. The van der Waals surface area contributed by atoms with Gasteiger partial charge in [-0.1, -0.05) is 12.1 Å². The molecule has 0 aliphatic carbocycles. The van der Waals surface area contributed by atoms with Gasteiger partial charge in [-0.2, -0.15) is 14.7 Å². The summed E-state index contributed by atoms with van der Waals surface area (Å²) in [7, 11) is 0. The lowest BCUT2D eigenvalue weighted by molar-refractivity contribution is 0.0760. The standard InChI is InChI=1S/C28H29N9O3/c1-4-9-36(28(40)26-31-15-32-35-26)16(2)5-7-23-24(17(3)39)25(29)37-27(34-23)21(13-33-37)20-11-19-10-18(14-38)6-8-22(19)30-12-20/h4,6,8-13,15-16,38H,5,7,14,29H2,1-3H3,(H,31,32,35)/b9-4-/t16-/m1/s1. The minimum atomic E-state index is -0.316. The number of carbonyl (C=O) groups excluding carboxylic acids is 2. The van der Waals surface area contributed by atoms with E-state index in [1.54, 1.807) is 29.6 Å². The van der Waals surface area contributed by atoms with Gasteiger partial charge in [-0.15, -0.1) is 0 Å². The van der Waals surface area contributed by atoms with Crippen LogP contribution in [0.1, 0.15) is 59.4 Å². The minimum absolute atomic E-state index is 0.0694. The number of fused-ring (bicyclic) bond motifs is 2. The number of H-pyrrole nitrogens is 1. The summed E-state index contributed by atoms with van der Waals surface area (Å²) in [5, 5.41) is 21.2. The zero-order chi connectivity index (χ0) is 28.4. The number of nitrogen functional groups attached to an aromatic ring is 1. The van der Waals surface area contributed by atoms with E-state index in [4.69, 9.17) is 10.7 Å². The summed E-state index contributed by atoms with van der Waals surface area (Å²) in [6, 6.07) is 7.29. The van der Waals surface area contributed by atoms with Crippen LogP contribution < -0.4 is 5.73 Å². The van der Waals surface area contributed by atoms with E-state index in [1.807, 2.05) is 38.1 Å². The summed E-state index contributed by atoms with van der Waals surface area (Å²) in [5.74, 6) is -0.203. The van der Waals surface area contributed by atoms with E-state index in [9.17, 15) is 14.7 Å². The Morgan fingerprint density at radius 3 is 2.75 bits per heavy atom. The molecule has 12 heteroatoms. The van der Waals surface area contributed by atoms with Crippen LogP contribution in [0, 0.1) is 0 Å². The van der Waals surface area contributed by atoms with Crippen molar-refractivity contribution in [2.75, 3.05) is 5.73 Å². The number of allylic oxidation sites excluding steroid dienone is 1. The van der Waals surface area contributed by atoms with E-state index in [2.05, 4.69) is 25.3 Å². The van der Waals surface area contributed by atoms with E-state index in [0.717, 1.165) is 22.0 Å². The van der Waals surface area contributed by atoms with E-state index in [0.29, 0.717) is 35.3 Å². The number of amides is 1. The zero-order valence-corrected chi connectivity index (χ0v) is 22.4. The number of pyridine rings is 1. The van der Waals surface area contributed by atoms with Crippen molar-refractivity contribution in [3.8, 4) is 11.1 Å². The number of carbonyl (C=O) groups is 2. The van der Waals surface area contributed by atoms with Gasteiger partial charge in [0.15, 0.2) is 11.4 Å². The number of hydrogen-bond acceptors (Lipinski definition) is 9. The largest absolute Gasteiger partial charge is 0.392 e. The molecule has 0 unspecified atom stereocenters. The van der Waals surface area contributed by atoms with Crippen molar-refractivity contribution >= 4 is 34.1 Å². The molecule has 4 N–H and O–H groups in total. The molecule has 204 valence electrons. The van der Waals surface area contributed by atoms with Crippen LogP contribution in [-0.4, -0.2) is 62.5 Å². The second-order valence-corrected chi connectivity index (χ2v) is 9.49. The summed E-state index contributed by atoms with van der Waals surface area (Å²) < 4.78 is 1.47. The van der Waals surface area contributed by atoms with Gasteiger partial charge in [0.05, 0.1) is 29.6 Å². The van der Waals surface area contributed by atoms with E-state index < -0.39 is 0 Å². The molecule has 4 heterocycles. The number of benzene rings is 1. The second kappa shape index (κ2) is 11.0. The Balaban J connectivity index is 1.51. The number of nitrogens with one attached hydrogen (secondary N) is 1. The number of nitrogens with zero attached hydrogens (tertiary/aromatic N) is 7. The highest BCUT2D eigenvalue weighted by molar-refractivity contribution is 6.00. The van der Waals surface area contributed by atoms with Gasteiger partial charge in [-0.3, -0.25) is 19.7 Å². The van der Waals surface area contributed by atoms with Crippen molar-refractivity contribution in [2.45, 2.75) is 46.3 Å². The minimum Gasteiger partial charge on any atom is -0.392 e. The molecule has 4 aromatic heterocycles. The topological polar surface area (TPSA) is 168 Å². The van der Waals surface area contributed by atoms with E-state index >= 15 is 0 Å². The van der Waals surface area contributed by atoms with Crippen molar-refractivity contribution < 1.29 is 14.7 Å². The Bertz CT molecular complexity index is 1740. The molecule has 1 atom stereocenters. The third-order valence-electron chi connectivity index (χ3n) is 6.78. The number of aromatic nitrogens is 7. The first-order chi connectivity index (χ1) is 19.3. The Hall–Kier alpha value is -4.97. The molecular weight excluding hydrogens is 510 g/mol. The average molecular weight is 540 g/mol. The fourth-order valence-corrected chi connectivity index (χ4v) is 4.75. The molecule has 0 aliphatic heterocycles. The summed E-state index contributed by atoms with van der Waals surface area (Å²) in [5.41, 5.74) is 10.8. The van der Waals surface area contributed by atoms with Crippen molar-refractivity contribution in [1.82, 2.24) is 39.7 Å². The number of rotatable bonds is 9. The lowest BCUT2D eigenvalue weighted by Crippen LogP contribution is -2.35. The third-order valence-corrected chi connectivity index (χ3v) is 6.78. The summed E-state index contributed by atoms with van der Waals surface area (Å²) >= 11 is 0. The van der Waals surface area contributed by atoms with Crippen LogP contribution in [0.25, 0.3) is 27.7 Å². The van der Waals surface area contributed by atoms with Crippen molar-refractivity contribution in [1.29, 1.82) is 0 Å². The fourth-order valence-electron chi connectivity index (χ4n) is 4.75. The Kier molecular flexibility index (Phi) is 7.34. The molecule has 0 fully saturated rings. The number of aliphatic hydroxyl groups excluding tert-OH is 1. The SMILES string of the molecule is C/C=C\N(C(=O)c1ncn[nH]1)[C@H](C)CCc1nc2c(-c3cnc4ccc(CO)cc4c3)cnn2c(N)c1C(C)=O. The monoisotopic (exact) mass is 539 g/mol. The number of aromatic amines is 1. The van der Waals surface area contributed by atoms with Crippen molar-refractivity contribution in [3.05, 3.63) is 77.9 Å². The van der Waals surface area contributed by atoms with Gasteiger partial charge < -0.3 is 15.7 Å². The molecule has 1 aromatic carbocycles. The Morgan fingerprint density at radius 1 is 1.23 bits per heavy atom. The van der Waals surface area contributed by atoms with Gasteiger partial charge in [-0.25, -0.2) is 9.97 Å². The number of Topliss-reactive ketones (excluding diaryl/α,β-unsaturated/α-hetero) is 1. The molecule has 0 saturated carbocycles. The lowest BCUT2D eigenvalue weighted by atomic mass is 10.0. The first kappa shape index (κ1) is 26.6. The van der Waals surface area contributed by atoms with Crippen molar-refractivity contribution in [3.63, 3.8) is 0 Å². The third kappa shape index (κ3) is 4.92. The molecule has 0 aliphatic rings. The summed E-state index contributed by atoms with van der Waals surface area (Å²) in [6.07, 6.45) is 9.02. The van der Waals surface area contributed by atoms with Gasteiger partial charge >= 0.3 is 0 Å². The average Bonchev–Trinajstić information content (AvgIpc) is 3.64. The molecule has 0 saturated heterocycles. The lowest BCUT2D eigenvalue weighted by Gasteiger charge is -2.25. The highest BCUT2D eigenvalue weighted by Gasteiger charge is 2.24. The van der Waals surface area contributed by atoms with Crippen LogP contribution in [-0.2, 0) is 13.0 Å². The number of anilines is 1. The maximum Gasteiger partial charge on any atom is 0.295 e. The van der Waals surface area contributed by atoms with Crippen LogP contribution >= 0.6 is 0 Å². The maximum atomic E-state index is 13.0.